The quantitative estimate of drug-likeness (QED) is 0.452. The number of hydrogen-bond acceptors (Lipinski definition) is 7. The fourth-order valence-electron chi connectivity index (χ4n) is 4.44. The molecule has 0 radical (unpaired) electrons. The highest BCUT2D eigenvalue weighted by Gasteiger charge is 2.32. The number of hydrogen-bond donors (Lipinski definition) is 0. The second kappa shape index (κ2) is 10.6. The lowest BCUT2D eigenvalue weighted by atomic mass is 9.97. The van der Waals surface area contributed by atoms with Crippen molar-refractivity contribution < 1.29 is 14.3 Å². The van der Waals surface area contributed by atoms with Gasteiger partial charge in [-0.25, -0.2) is 0 Å². The molecule has 2 aromatic rings. The van der Waals surface area contributed by atoms with Crippen molar-refractivity contribution in [2.24, 2.45) is 5.92 Å². The van der Waals surface area contributed by atoms with Crippen LogP contribution in [0.3, 0.4) is 0 Å². The summed E-state index contributed by atoms with van der Waals surface area (Å²) in [6.07, 6.45) is 3.61. The minimum Gasteiger partial charge on any atom is -0.466 e. The van der Waals surface area contributed by atoms with E-state index in [1.165, 1.54) is 17.3 Å². The molecule has 0 spiro atoms. The Hall–Kier alpha value is -2.55. The molecule has 0 aliphatic carbocycles. The molecule has 178 valence electrons. The van der Waals surface area contributed by atoms with Gasteiger partial charge in [0.1, 0.15) is 0 Å². The van der Waals surface area contributed by atoms with E-state index < -0.39 is 0 Å². The van der Waals surface area contributed by atoms with Crippen LogP contribution in [0.15, 0.2) is 29.4 Å². The molecule has 2 aliphatic heterocycles. The summed E-state index contributed by atoms with van der Waals surface area (Å²) in [5.41, 5.74) is 2.20. The molecule has 1 amide bonds. The van der Waals surface area contributed by atoms with Crippen molar-refractivity contribution in [1.82, 2.24) is 19.7 Å². The first-order chi connectivity index (χ1) is 16.0. The molecule has 3 heterocycles. The highest BCUT2D eigenvalue weighted by atomic mass is 32.2. The van der Waals surface area contributed by atoms with Crippen LogP contribution in [0.25, 0.3) is 5.69 Å². The molecule has 2 saturated heterocycles. The predicted octanol–water partition coefficient (Wildman–Crippen LogP) is 3.46. The molecule has 2 aliphatic rings. The van der Waals surface area contributed by atoms with Crippen molar-refractivity contribution in [3.63, 3.8) is 0 Å². The van der Waals surface area contributed by atoms with E-state index in [0.29, 0.717) is 32.5 Å². The van der Waals surface area contributed by atoms with E-state index in [9.17, 15) is 9.59 Å². The van der Waals surface area contributed by atoms with E-state index in [4.69, 9.17) is 4.74 Å². The molecule has 1 atom stereocenters. The van der Waals surface area contributed by atoms with Gasteiger partial charge in [-0.2, -0.15) is 0 Å². The average Bonchev–Trinajstić information content (AvgIpc) is 3.49. The fraction of sp³-hybridized carbons (Fsp3) is 0.583. The zero-order valence-electron chi connectivity index (χ0n) is 19.7. The number of carbonyl (C=O) groups is 2. The predicted molar refractivity (Wildman–Crippen MR) is 129 cm³/mol. The van der Waals surface area contributed by atoms with Crippen LogP contribution in [-0.2, 0) is 14.3 Å². The smallest absolute Gasteiger partial charge is 0.309 e. The summed E-state index contributed by atoms with van der Waals surface area (Å²) in [4.78, 5) is 29.3. The minimum absolute atomic E-state index is 0.0727. The number of aryl methyl sites for hydroxylation is 1. The Labute approximate surface area is 199 Å². The number of anilines is 1. The van der Waals surface area contributed by atoms with Gasteiger partial charge < -0.3 is 14.5 Å². The SMILES string of the molecule is CCOC(=O)C1CCN(C(=O)[C@H](C)Sc2nnc(N3CCCC3)n2-c2ccc(C)cc2)CC1. The summed E-state index contributed by atoms with van der Waals surface area (Å²) in [7, 11) is 0. The van der Waals surface area contributed by atoms with Gasteiger partial charge in [0.05, 0.1) is 23.5 Å². The van der Waals surface area contributed by atoms with Gasteiger partial charge >= 0.3 is 5.97 Å². The van der Waals surface area contributed by atoms with Gasteiger partial charge in [-0.05, 0) is 58.6 Å². The van der Waals surface area contributed by atoms with Crippen LogP contribution in [0.2, 0.25) is 0 Å². The molecule has 33 heavy (non-hydrogen) atoms. The van der Waals surface area contributed by atoms with Crippen LogP contribution < -0.4 is 4.90 Å². The van der Waals surface area contributed by atoms with Gasteiger partial charge in [-0.3, -0.25) is 14.2 Å². The van der Waals surface area contributed by atoms with Gasteiger partial charge in [-0.1, -0.05) is 29.5 Å². The van der Waals surface area contributed by atoms with Gasteiger partial charge in [0.25, 0.3) is 0 Å². The van der Waals surface area contributed by atoms with E-state index in [1.807, 2.05) is 18.7 Å². The van der Waals surface area contributed by atoms with Crippen molar-refractivity contribution in [2.75, 3.05) is 37.7 Å². The van der Waals surface area contributed by atoms with Crippen molar-refractivity contribution in [3.8, 4) is 5.69 Å². The van der Waals surface area contributed by atoms with E-state index in [1.54, 1.807) is 0 Å². The topological polar surface area (TPSA) is 80.6 Å². The third kappa shape index (κ3) is 5.34. The van der Waals surface area contributed by atoms with Gasteiger partial charge in [0.15, 0.2) is 5.16 Å². The van der Waals surface area contributed by atoms with Gasteiger partial charge in [0, 0.05) is 26.2 Å². The number of amides is 1. The molecule has 2 fully saturated rings. The van der Waals surface area contributed by atoms with Gasteiger partial charge in [0.2, 0.25) is 11.9 Å². The molecule has 8 nitrogen and oxygen atoms in total. The number of esters is 1. The highest BCUT2D eigenvalue weighted by molar-refractivity contribution is 8.00. The lowest BCUT2D eigenvalue weighted by Gasteiger charge is -2.32. The van der Waals surface area contributed by atoms with Crippen LogP contribution in [0, 0.1) is 12.8 Å². The zero-order chi connectivity index (χ0) is 23.4. The number of ether oxygens (including phenoxy) is 1. The Morgan fingerprint density at radius 2 is 1.76 bits per heavy atom. The molecule has 0 bridgehead atoms. The van der Waals surface area contributed by atoms with Crippen molar-refractivity contribution in [2.45, 2.75) is 56.9 Å². The van der Waals surface area contributed by atoms with Crippen LogP contribution in [0.1, 0.15) is 45.1 Å². The summed E-state index contributed by atoms with van der Waals surface area (Å²) in [5.74, 6) is 0.662. The van der Waals surface area contributed by atoms with Crippen LogP contribution in [0.4, 0.5) is 5.95 Å². The van der Waals surface area contributed by atoms with Crippen molar-refractivity contribution in [3.05, 3.63) is 29.8 Å². The number of carbonyl (C=O) groups excluding carboxylic acids is 2. The standard InChI is InChI=1S/C24H33N5O3S/c1-4-32-22(31)19-11-15-27(16-12-19)21(30)18(3)33-24-26-25-23(28-13-5-6-14-28)29(24)20-9-7-17(2)8-10-20/h7-10,18-19H,4-6,11-16H2,1-3H3/t18-/m0/s1. The largest absolute Gasteiger partial charge is 0.466 e. The second-order valence-electron chi connectivity index (χ2n) is 8.76. The van der Waals surface area contributed by atoms with Gasteiger partial charge in [-0.15, -0.1) is 10.2 Å². The second-order valence-corrected chi connectivity index (χ2v) is 10.1. The number of aromatic nitrogens is 3. The number of likely N-dealkylation sites (tertiary alicyclic amines) is 1. The Bertz CT molecular complexity index is 963. The molecule has 1 aromatic heterocycles. The fourth-order valence-corrected chi connectivity index (χ4v) is 5.39. The van der Waals surface area contributed by atoms with E-state index in [2.05, 4.69) is 50.9 Å². The van der Waals surface area contributed by atoms with E-state index >= 15 is 0 Å². The first-order valence-corrected chi connectivity index (χ1v) is 12.8. The average molecular weight is 472 g/mol. The van der Waals surface area contributed by atoms with E-state index in [0.717, 1.165) is 42.7 Å². The maximum absolute atomic E-state index is 13.2. The maximum atomic E-state index is 13.2. The molecule has 9 heteroatoms. The monoisotopic (exact) mass is 471 g/mol. The Kier molecular flexibility index (Phi) is 7.57. The maximum Gasteiger partial charge on any atom is 0.309 e. The summed E-state index contributed by atoms with van der Waals surface area (Å²) in [5, 5.41) is 9.42. The summed E-state index contributed by atoms with van der Waals surface area (Å²) < 4.78 is 7.22. The first-order valence-electron chi connectivity index (χ1n) is 11.9. The number of benzene rings is 1. The normalized spacial score (nSPS) is 17.9. The number of piperidine rings is 1. The summed E-state index contributed by atoms with van der Waals surface area (Å²) in [6, 6.07) is 8.32. The lowest BCUT2D eigenvalue weighted by molar-refractivity contribution is -0.151. The number of rotatable bonds is 7. The summed E-state index contributed by atoms with van der Waals surface area (Å²) >= 11 is 1.45. The van der Waals surface area contributed by atoms with Crippen molar-refractivity contribution in [1.29, 1.82) is 0 Å². The van der Waals surface area contributed by atoms with Crippen LogP contribution in [-0.4, -0.2) is 69.6 Å². The molecule has 0 saturated carbocycles. The van der Waals surface area contributed by atoms with Crippen molar-refractivity contribution >= 4 is 29.6 Å². The number of thioether (sulfide) groups is 1. The third-order valence-electron chi connectivity index (χ3n) is 6.35. The molecule has 4 rings (SSSR count). The minimum atomic E-state index is -0.302. The molecular formula is C24H33N5O3S. The molecular weight excluding hydrogens is 438 g/mol. The third-order valence-corrected chi connectivity index (χ3v) is 7.38. The molecule has 0 N–H and O–H groups in total. The Balaban J connectivity index is 1.47. The summed E-state index contributed by atoms with van der Waals surface area (Å²) in [6.45, 7) is 9.31. The molecule has 1 aromatic carbocycles. The number of nitrogens with zero attached hydrogens (tertiary/aromatic N) is 5. The van der Waals surface area contributed by atoms with Crippen LogP contribution >= 0.6 is 11.8 Å². The van der Waals surface area contributed by atoms with Crippen LogP contribution in [0.5, 0.6) is 0 Å². The first kappa shape index (κ1) is 23.6. The molecule has 0 unspecified atom stereocenters. The van der Waals surface area contributed by atoms with E-state index in [-0.39, 0.29) is 23.0 Å². The highest BCUT2D eigenvalue weighted by Crippen LogP contribution is 2.32. The zero-order valence-corrected chi connectivity index (χ0v) is 20.5. The Morgan fingerprint density at radius 3 is 2.39 bits per heavy atom. The lowest BCUT2D eigenvalue weighted by Crippen LogP contribution is -2.43. The Morgan fingerprint density at radius 1 is 1.09 bits per heavy atom.